The summed E-state index contributed by atoms with van der Waals surface area (Å²) in [5.41, 5.74) is 3.33. The maximum Gasteiger partial charge on any atom is 0.239 e. The molecule has 5 nitrogen and oxygen atoms in total. The standard InChI is InChI=1S/C10H10BrN5/c11-7-3-1-2-4-8(7)14-9-5-6-13-10(15-9)16-12/h1-6H,12H2,(H2,13,14,15,16). The van der Waals surface area contributed by atoms with Gasteiger partial charge in [-0.15, -0.1) is 0 Å². The van der Waals surface area contributed by atoms with E-state index in [4.69, 9.17) is 5.84 Å². The molecule has 0 spiro atoms. The number of rotatable bonds is 3. The van der Waals surface area contributed by atoms with Crippen LogP contribution in [0.1, 0.15) is 0 Å². The maximum atomic E-state index is 5.23. The third-order valence-corrected chi connectivity index (χ3v) is 2.61. The molecule has 1 aromatic carbocycles. The van der Waals surface area contributed by atoms with E-state index in [1.165, 1.54) is 0 Å². The fraction of sp³-hybridized carbons (Fsp3) is 0. The number of nitrogen functional groups attached to an aromatic ring is 1. The van der Waals surface area contributed by atoms with Gasteiger partial charge < -0.3 is 5.32 Å². The molecule has 0 saturated heterocycles. The van der Waals surface area contributed by atoms with Crippen LogP contribution >= 0.6 is 15.9 Å². The van der Waals surface area contributed by atoms with Gasteiger partial charge in [-0.2, -0.15) is 4.98 Å². The van der Waals surface area contributed by atoms with Gasteiger partial charge in [-0.1, -0.05) is 12.1 Å². The average Bonchev–Trinajstić information content (AvgIpc) is 2.32. The largest absolute Gasteiger partial charge is 0.339 e. The molecule has 16 heavy (non-hydrogen) atoms. The van der Waals surface area contributed by atoms with Gasteiger partial charge >= 0.3 is 0 Å². The van der Waals surface area contributed by atoms with Crippen LogP contribution in [0.15, 0.2) is 41.0 Å². The second-order valence-corrected chi connectivity index (χ2v) is 3.87. The van der Waals surface area contributed by atoms with Crippen LogP contribution in [0.2, 0.25) is 0 Å². The van der Waals surface area contributed by atoms with Gasteiger partial charge in [0.2, 0.25) is 5.95 Å². The first kappa shape index (κ1) is 10.8. The summed E-state index contributed by atoms with van der Waals surface area (Å²) < 4.78 is 0.968. The summed E-state index contributed by atoms with van der Waals surface area (Å²) in [6.07, 6.45) is 1.63. The van der Waals surface area contributed by atoms with Crippen molar-refractivity contribution in [2.45, 2.75) is 0 Å². The predicted molar refractivity (Wildman–Crippen MR) is 67.3 cm³/mol. The van der Waals surface area contributed by atoms with Crippen molar-refractivity contribution in [3.8, 4) is 0 Å². The third-order valence-electron chi connectivity index (χ3n) is 1.92. The van der Waals surface area contributed by atoms with Crippen LogP contribution in [0, 0.1) is 0 Å². The van der Waals surface area contributed by atoms with Crippen molar-refractivity contribution in [3.05, 3.63) is 41.0 Å². The number of benzene rings is 1. The Bertz CT molecular complexity index is 488. The fourth-order valence-electron chi connectivity index (χ4n) is 1.20. The molecule has 0 bridgehead atoms. The van der Waals surface area contributed by atoms with Gasteiger partial charge in [0.15, 0.2) is 0 Å². The Morgan fingerprint density at radius 3 is 2.75 bits per heavy atom. The number of hydrazine groups is 1. The topological polar surface area (TPSA) is 75.9 Å². The van der Waals surface area contributed by atoms with E-state index in [-0.39, 0.29) is 0 Å². The van der Waals surface area contributed by atoms with E-state index in [1.54, 1.807) is 12.3 Å². The lowest BCUT2D eigenvalue weighted by Gasteiger charge is -2.07. The number of nitrogens with zero attached hydrogens (tertiary/aromatic N) is 2. The minimum Gasteiger partial charge on any atom is -0.339 e. The lowest BCUT2D eigenvalue weighted by Crippen LogP contribution is -2.10. The SMILES string of the molecule is NNc1nccc(Nc2ccccc2Br)n1. The molecule has 0 amide bonds. The molecule has 0 aliphatic rings. The van der Waals surface area contributed by atoms with Crippen LogP contribution < -0.4 is 16.6 Å². The van der Waals surface area contributed by atoms with E-state index in [0.29, 0.717) is 11.8 Å². The number of hydrogen-bond donors (Lipinski definition) is 3. The highest BCUT2D eigenvalue weighted by Gasteiger charge is 2.01. The summed E-state index contributed by atoms with van der Waals surface area (Å²) in [5, 5.41) is 3.15. The van der Waals surface area contributed by atoms with E-state index in [0.717, 1.165) is 10.2 Å². The minimum atomic E-state index is 0.372. The fourth-order valence-corrected chi connectivity index (χ4v) is 1.58. The zero-order chi connectivity index (χ0) is 11.4. The van der Waals surface area contributed by atoms with Crippen LogP contribution in [0.5, 0.6) is 0 Å². The molecule has 0 saturated carbocycles. The summed E-state index contributed by atoms with van der Waals surface area (Å²) >= 11 is 3.44. The number of hydrogen-bond acceptors (Lipinski definition) is 5. The van der Waals surface area contributed by atoms with Crippen molar-refractivity contribution >= 4 is 33.4 Å². The molecule has 0 atom stereocenters. The Balaban J connectivity index is 2.24. The van der Waals surface area contributed by atoms with Crippen molar-refractivity contribution in [1.29, 1.82) is 0 Å². The average molecular weight is 280 g/mol. The summed E-state index contributed by atoms with van der Waals surface area (Å²) in [4.78, 5) is 8.07. The lowest BCUT2D eigenvalue weighted by molar-refractivity contribution is 1.12. The van der Waals surface area contributed by atoms with Crippen LogP contribution in [-0.2, 0) is 0 Å². The predicted octanol–water partition coefficient (Wildman–Crippen LogP) is 2.27. The van der Waals surface area contributed by atoms with Crippen LogP contribution in [0.25, 0.3) is 0 Å². The van der Waals surface area contributed by atoms with Crippen molar-refractivity contribution in [2.24, 2.45) is 5.84 Å². The third kappa shape index (κ3) is 2.47. The number of nitrogens with one attached hydrogen (secondary N) is 2. The van der Waals surface area contributed by atoms with Gasteiger partial charge in [0, 0.05) is 10.7 Å². The van der Waals surface area contributed by atoms with Crippen molar-refractivity contribution < 1.29 is 0 Å². The first-order chi connectivity index (χ1) is 7.79. The molecule has 82 valence electrons. The Morgan fingerprint density at radius 2 is 2.00 bits per heavy atom. The Labute approximate surface area is 101 Å². The number of aromatic nitrogens is 2. The van der Waals surface area contributed by atoms with Gasteiger partial charge in [-0.3, -0.25) is 5.43 Å². The molecule has 0 unspecified atom stereocenters. The molecule has 0 aliphatic heterocycles. The highest BCUT2D eigenvalue weighted by molar-refractivity contribution is 9.10. The van der Waals surface area contributed by atoms with E-state index in [2.05, 4.69) is 36.6 Å². The molecule has 2 aromatic rings. The molecule has 1 aromatic heterocycles. The maximum absolute atomic E-state index is 5.23. The Hall–Kier alpha value is -1.66. The summed E-state index contributed by atoms with van der Waals surface area (Å²) in [6.45, 7) is 0. The van der Waals surface area contributed by atoms with Gasteiger partial charge in [0.05, 0.1) is 5.69 Å². The van der Waals surface area contributed by atoms with E-state index < -0.39 is 0 Å². The highest BCUT2D eigenvalue weighted by atomic mass is 79.9. The highest BCUT2D eigenvalue weighted by Crippen LogP contribution is 2.24. The van der Waals surface area contributed by atoms with Gasteiger partial charge in [-0.25, -0.2) is 10.8 Å². The zero-order valence-electron chi connectivity index (χ0n) is 8.31. The van der Waals surface area contributed by atoms with Crippen molar-refractivity contribution in [3.63, 3.8) is 0 Å². The second-order valence-electron chi connectivity index (χ2n) is 3.01. The van der Waals surface area contributed by atoms with Crippen LogP contribution in [0.4, 0.5) is 17.5 Å². The molecular weight excluding hydrogens is 270 g/mol. The quantitative estimate of drug-likeness (QED) is 0.594. The molecule has 4 N–H and O–H groups in total. The Morgan fingerprint density at radius 1 is 1.19 bits per heavy atom. The normalized spacial score (nSPS) is 9.88. The van der Waals surface area contributed by atoms with Crippen molar-refractivity contribution in [1.82, 2.24) is 9.97 Å². The summed E-state index contributed by atoms with van der Waals surface area (Å²) in [5.74, 6) is 6.28. The summed E-state index contributed by atoms with van der Waals surface area (Å²) in [6, 6.07) is 9.55. The Kier molecular flexibility index (Phi) is 3.33. The molecule has 0 radical (unpaired) electrons. The minimum absolute atomic E-state index is 0.372. The number of nitrogens with two attached hydrogens (primary N) is 1. The summed E-state index contributed by atoms with van der Waals surface area (Å²) in [7, 11) is 0. The first-order valence-corrected chi connectivity index (χ1v) is 5.40. The van der Waals surface area contributed by atoms with Crippen LogP contribution in [-0.4, -0.2) is 9.97 Å². The lowest BCUT2D eigenvalue weighted by atomic mass is 10.3. The smallest absolute Gasteiger partial charge is 0.239 e. The molecular formula is C10H10BrN5. The molecule has 0 aliphatic carbocycles. The molecule has 2 rings (SSSR count). The van der Waals surface area contributed by atoms with Gasteiger partial charge in [-0.05, 0) is 34.1 Å². The molecule has 0 fully saturated rings. The number of anilines is 3. The van der Waals surface area contributed by atoms with E-state index in [9.17, 15) is 0 Å². The van der Waals surface area contributed by atoms with E-state index >= 15 is 0 Å². The number of para-hydroxylation sites is 1. The number of halogens is 1. The van der Waals surface area contributed by atoms with Crippen molar-refractivity contribution in [2.75, 3.05) is 10.7 Å². The van der Waals surface area contributed by atoms with E-state index in [1.807, 2.05) is 24.3 Å². The zero-order valence-corrected chi connectivity index (χ0v) is 9.90. The second kappa shape index (κ2) is 4.91. The first-order valence-electron chi connectivity index (χ1n) is 4.61. The molecule has 6 heteroatoms. The van der Waals surface area contributed by atoms with Crippen LogP contribution in [0.3, 0.4) is 0 Å². The van der Waals surface area contributed by atoms with Gasteiger partial charge in [0.25, 0.3) is 0 Å². The monoisotopic (exact) mass is 279 g/mol. The molecule has 1 heterocycles. The van der Waals surface area contributed by atoms with Gasteiger partial charge in [0.1, 0.15) is 5.82 Å².